The molecule has 78 valence electrons. The quantitative estimate of drug-likeness (QED) is 0.449. The largest absolute Gasteiger partial charge is 0.411 e. The minimum Gasteiger partial charge on any atom is -0.411 e. The van der Waals surface area contributed by atoms with Gasteiger partial charge in [0.2, 0.25) is 0 Å². The maximum atomic E-state index is 12.6. The molecule has 0 radical (unpaired) electrons. The number of alkyl halides is 1. The number of aromatic nitrogens is 3. The molecule has 0 aromatic carbocycles. The van der Waals surface area contributed by atoms with Crippen LogP contribution in [0, 0.1) is 5.41 Å². The smallest absolute Gasteiger partial charge is 0.137 e. The van der Waals surface area contributed by atoms with E-state index in [0.717, 1.165) is 0 Å². The van der Waals surface area contributed by atoms with Gasteiger partial charge in [0.05, 0.1) is 18.9 Å². The first-order valence-electron chi connectivity index (χ1n) is 4.20. The normalized spacial score (nSPS) is 13.2. The van der Waals surface area contributed by atoms with Gasteiger partial charge in [-0.2, -0.15) is 5.10 Å². The van der Waals surface area contributed by atoms with Crippen LogP contribution >= 0.6 is 0 Å². The van der Waals surface area contributed by atoms with Gasteiger partial charge in [-0.05, 0) is 0 Å². The Bertz CT molecular complexity index is 307. The highest BCUT2D eigenvalue weighted by Gasteiger charge is 2.26. The molecule has 5 nitrogen and oxygen atoms in total. The molecule has 1 N–H and O–H groups in total. The monoisotopic (exact) mass is 200 g/mol. The maximum absolute atomic E-state index is 12.6. The highest BCUT2D eigenvalue weighted by Crippen LogP contribution is 2.19. The van der Waals surface area contributed by atoms with Crippen LogP contribution in [0.5, 0.6) is 0 Å². The molecule has 0 atom stereocenters. The Labute approximate surface area is 81.3 Å². The van der Waals surface area contributed by atoms with Crippen molar-refractivity contribution in [2.75, 3.05) is 6.67 Å². The van der Waals surface area contributed by atoms with E-state index < -0.39 is 12.1 Å². The average Bonchev–Trinajstić information content (AvgIpc) is 2.66. The fraction of sp³-hybridized carbons (Fsp3) is 0.625. The third-order valence-corrected chi connectivity index (χ3v) is 2.01. The molecule has 1 heterocycles. The molecule has 0 aliphatic carbocycles. The van der Waals surface area contributed by atoms with Gasteiger partial charge in [-0.1, -0.05) is 19.0 Å². The second kappa shape index (κ2) is 4.17. The topological polar surface area (TPSA) is 63.3 Å². The number of oxime groups is 1. The van der Waals surface area contributed by atoms with Gasteiger partial charge in [0.1, 0.15) is 12.7 Å². The molecule has 0 spiro atoms. The van der Waals surface area contributed by atoms with Gasteiger partial charge < -0.3 is 5.21 Å². The van der Waals surface area contributed by atoms with E-state index in [1.165, 1.54) is 17.3 Å². The second-order valence-corrected chi connectivity index (χ2v) is 3.66. The summed E-state index contributed by atoms with van der Waals surface area (Å²) < 4.78 is 14.1. The molecular weight excluding hydrogens is 187 g/mol. The fourth-order valence-electron chi connectivity index (χ4n) is 0.926. The van der Waals surface area contributed by atoms with Crippen molar-refractivity contribution in [2.24, 2.45) is 10.6 Å². The zero-order valence-corrected chi connectivity index (χ0v) is 8.18. The highest BCUT2D eigenvalue weighted by atomic mass is 19.1. The lowest BCUT2D eigenvalue weighted by Crippen LogP contribution is -2.30. The van der Waals surface area contributed by atoms with Crippen LogP contribution in [0.25, 0.3) is 0 Å². The highest BCUT2D eigenvalue weighted by molar-refractivity contribution is 5.88. The summed E-state index contributed by atoms with van der Waals surface area (Å²) in [5, 5.41) is 15.7. The maximum Gasteiger partial charge on any atom is 0.137 e. The Balaban J connectivity index is 2.75. The Morgan fingerprint density at radius 3 is 2.79 bits per heavy atom. The lowest BCUT2D eigenvalue weighted by molar-refractivity contribution is 0.287. The summed E-state index contributed by atoms with van der Waals surface area (Å²) in [5.74, 6) is 0. The molecule has 0 aliphatic rings. The molecule has 0 aliphatic heterocycles. The Morgan fingerprint density at radius 1 is 1.64 bits per heavy atom. The third-order valence-electron chi connectivity index (χ3n) is 2.01. The van der Waals surface area contributed by atoms with Crippen LogP contribution in [0.2, 0.25) is 0 Å². The molecule has 0 unspecified atom stereocenters. The van der Waals surface area contributed by atoms with Crippen molar-refractivity contribution >= 4 is 5.71 Å². The van der Waals surface area contributed by atoms with Gasteiger partial charge in [0.25, 0.3) is 0 Å². The van der Waals surface area contributed by atoms with E-state index >= 15 is 0 Å². The molecule has 1 aromatic rings. The van der Waals surface area contributed by atoms with Crippen molar-refractivity contribution < 1.29 is 9.60 Å². The van der Waals surface area contributed by atoms with Crippen LogP contribution in [-0.4, -0.2) is 32.4 Å². The Kier molecular flexibility index (Phi) is 3.16. The number of halogens is 1. The number of nitrogens with zero attached hydrogens (tertiary/aromatic N) is 4. The van der Waals surface area contributed by atoms with Gasteiger partial charge in [0, 0.05) is 5.41 Å². The van der Waals surface area contributed by atoms with E-state index in [-0.39, 0.29) is 6.54 Å². The van der Waals surface area contributed by atoms with Crippen molar-refractivity contribution in [2.45, 2.75) is 20.4 Å². The van der Waals surface area contributed by atoms with Gasteiger partial charge in [-0.25, -0.2) is 9.67 Å². The van der Waals surface area contributed by atoms with Gasteiger partial charge >= 0.3 is 0 Å². The molecule has 14 heavy (non-hydrogen) atoms. The summed E-state index contributed by atoms with van der Waals surface area (Å²) in [6.45, 7) is 2.99. The first-order valence-corrected chi connectivity index (χ1v) is 4.20. The lowest BCUT2D eigenvalue weighted by atomic mass is 9.89. The van der Waals surface area contributed by atoms with Gasteiger partial charge in [-0.15, -0.1) is 0 Å². The van der Waals surface area contributed by atoms with Crippen LogP contribution in [-0.2, 0) is 6.54 Å². The average molecular weight is 200 g/mol. The minimum atomic E-state index is -0.777. The molecule has 6 heteroatoms. The van der Waals surface area contributed by atoms with E-state index in [4.69, 9.17) is 5.21 Å². The standard InChI is InChI=1S/C8H13FN4O/c1-8(2,4-9)7(12-14)3-13-6-10-5-11-13/h5-6,14H,3-4H2,1-2H3/b12-7+. The first kappa shape index (κ1) is 10.6. The molecule has 0 amide bonds. The lowest BCUT2D eigenvalue weighted by Gasteiger charge is -2.21. The summed E-state index contributed by atoms with van der Waals surface area (Å²) in [6.07, 6.45) is 2.86. The van der Waals surface area contributed by atoms with E-state index in [1.54, 1.807) is 13.8 Å². The van der Waals surface area contributed by atoms with Gasteiger partial charge in [0.15, 0.2) is 0 Å². The van der Waals surface area contributed by atoms with Crippen LogP contribution in [0.3, 0.4) is 0 Å². The minimum absolute atomic E-state index is 0.243. The van der Waals surface area contributed by atoms with Crippen LogP contribution in [0.4, 0.5) is 4.39 Å². The molecule has 0 saturated heterocycles. The summed E-state index contributed by atoms with van der Waals surface area (Å²) in [4.78, 5) is 3.74. The van der Waals surface area contributed by atoms with Crippen LogP contribution < -0.4 is 0 Å². The summed E-state index contributed by atoms with van der Waals surface area (Å²) in [5.41, 5.74) is -0.439. The van der Waals surface area contributed by atoms with E-state index in [1.807, 2.05) is 0 Å². The molecule has 1 aromatic heterocycles. The molecule has 0 bridgehead atoms. The van der Waals surface area contributed by atoms with E-state index in [2.05, 4.69) is 15.2 Å². The zero-order chi connectivity index (χ0) is 10.6. The summed E-state index contributed by atoms with van der Waals surface area (Å²) in [7, 11) is 0. The summed E-state index contributed by atoms with van der Waals surface area (Å²) in [6, 6.07) is 0. The molecule has 0 saturated carbocycles. The van der Waals surface area contributed by atoms with E-state index in [9.17, 15) is 4.39 Å². The summed E-state index contributed by atoms with van der Waals surface area (Å²) >= 11 is 0. The third kappa shape index (κ3) is 2.27. The van der Waals surface area contributed by atoms with Gasteiger partial charge in [-0.3, -0.25) is 4.39 Å². The van der Waals surface area contributed by atoms with Crippen molar-refractivity contribution in [3.63, 3.8) is 0 Å². The predicted molar refractivity (Wildman–Crippen MR) is 49.0 cm³/mol. The van der Waals surface area contributed by atoms with Crippen LogP contribution in [0.15, 0.2) is 17.8 Å². The van der Waals surface area contributed by atoms with Crippen molar-refractivity contribution in [1.29, 1.82) is 0 Å². The fourth-order valence-corrected chi connectivity index (χ4v) is 0.926. The zero-order valence-electron chi connectivity index (χ0n) is 8.18. The second-order valence-electron chi connectivity index (χ2n) is 3.66. The van der Waals surface area contributed by atoms with Crippen molar-refractivity contribution in [3.05, 3.63) is 12.7 Å². The predicted octanol–water partition coefficient (Wildman–Crippen LogP) is 1.10. The molecule has 1 rings (SSSR count). The first-order chi connectivity index (χ1) is 6.60. The SMILES string of the molecule is CC(C)(CF)/C(Cn1cncn1)=N/O. The van der Waals surface area contributed by atoms with Crippen LogP contribution in [0.1, 0.15) is 13.8 Å². The number of hydrogen-bond donors (Lipinski definition) is 1. The Morgan fingerprint density at radius 2 is 2.36 bits per heavy atom. The molecular formula is C8H13FN4O. The van der Waals surface area contributed by atoms with Crippen molar-refractivity contribution in [1.82, 2.24) is 14.8 Å². The van der Waals surface area contributed by atoms with Crippen molar-refractivity contribution in [3.8, 4) is 0 Å². The Hall–Kier alpha value is -1.46. The number of hydrogen-bond acceptors (Lipinski definition) is 4. The molecule has 0 fully saturated rings. The number of rotatable bonds is 4. The van der Waals surface area contributed by atoms with E-state index in [0.29, 0.717) is 5.71 Å².